The Morgan fingerprint density at radius 3 is 2.76 bits per heavy atom. The van der Waals surface area contributed by atoms with Crippen molar-refractivity contribution in [3.63, 3.8) is 0 Å². The summed E-state index contributed by atoms with van der Waals surface area (Å²) in [6, 6.07) is 7.74. The summed E-state index contributed by atoms with van der Waals surface area (Å²) in [5, 5.41) is 2.49. The first-order valence-corrected chi connectivity index (χ1v) is 6.30. The molecule has 6 heteroatoms. The van der Waals surface area contributed by atoms with Gasteiger partial charge < -0.3 is 15.0 Å². The molecule has 5 nitrogen and oxygen atoms in total. The van der Waals surface area contributed by atoms with Crippen molar-refractivity contribution >= 4 is 17.3 Å². The van der Waals surface area contributed by atoms with Gasteiger partial charge in [0.2, 0.25) is 0 Å². The minimum Gasteiger partial charge on any atom is -0.494 e. The van der Waals surface area contributed by atoms with E-state index in [2.05, 4.69) is 10.3 Å². The van der Waals surface area contributed by atoms with Crippen molar-refractivity contribution in [2.45, 2.75) is 0 Å². The van der Waals surface area contributed by atoms with Crippen molar-refractivity contribution in [3.8, 4) is 5.75 Å². The highest BCUT2D eigenvalue weighted by Crippen LogP contribution is 2.27. The van der Waals surface area contributed by atoms with Crippen LogP contribution in [-0.4, -0.2) is 32.1 Å². The van der Waals surface area contributed by atoms with Gasteiger partial charge in [0.25, 0.3) is 5.91 Å². The van der Waals surface area contributed by atoms with Crippen LogP contribution >= 0.6 is 0 Å². The molecule has 21 heavy (non-hydrogen) atoms. The lowest BCUT2D eigenvalue weighted by atomic mass is 10.2. The van der Waals surface area contributed by atoms with Gasteiger partial charge >= 0.3 is 0 Å². The number of nitrogens with one attached hydrogen (secondary N) is 1. The zero-order valence-electron chi connectivity index (χ0n) is 12.1. The number of nitrogens with zero attached hydrogens (tertiary/aromatic N) is 2. The number of halogens is 1. The average molecular weight is 289 g/mol. The van der Waals surface area contributed by atoms with Gasteiger partial charge in [-0.05, 0) is 24.3 Å². The van der Waals surface area contributed by atoms with Gasteiger partial charge in [-0.25, -0.2) is 4.39 Å². The number of anilines is 2. The van der Waals surface area contributed by atoms with E-state index in [1.54, 1.807) is 18.2 Å². The lowest BCUT2D eigenvalue weighted by molar-refractivity contribution is 0.102. The zero-order valence-corrected chi connectivity index (χ0v) is 12.1. The number of carbonyl (C=O) groups is 1. The van der Waals surface area contributed by atoms with Gasteiger partial charge in [-0.3, -0.25) is 9.78 Å². The Morgan fingerprint density at radius 1 is 1.33 bits per heavy atom. The van der Waals surface area contributed by atoms with Gasteiger partial charge in [0.05, 0.1) is 7.11 Å². The highest BCUT2D eigenvalue weighted by Gasteiger charge is 2.15. The normalized spacial score (nSPS) is 10.1. The molecule has 0 bridgehead atoms. The van der Waals surface area contributed by atoms with Crippen LogP contribution in [0.4, 0.5) is 15.8 Å². The topological polar surface area (TPSA) is 54.5 Å². The fourth-order valence-corrected chi connectivity index (χ4v) is 1.80. The van der Waals surface area contributed by atoms with Crippen LogP contribution < -0.4 is 15.0 Å². The van der Waals surface area contributed by atoms with Gasteiger partial charge in [-0.2, -0.15) is 0 Å². The van der Waals surface area contributed by atoms with Gasteiger partial charge in [0.15, 0.2) is 5.82 Å². The fraction of sp³-hybridized carbons (Fsp3) is 0.200. The fourth-order valence-electron chi connectivity index (χ4n) is 1.80. The third-order valence-corrected chi connectivity index (χ3v) is 2.93. The molecule has 0 aliphatic carbocycles. The smallest absolute Gasteiger partial charge is 0.274 e. The third kappa shape index (κ3) is 3.28. The molecule has 1 aromatic heterocycles. The molecule has 0 unspecified atom stereocenters. The van der Waals surface area contributed by atoms with E-state index >= 15 is 0 Å². The van der Waals surface area contributed by atoms with E-state index in [0.717, 1.165) is 5.69 Å². The first kappa shape index (κ1) is 14.8. The van der Waals surface area contributed by atoms with Gasteiger partial charge in [0.1, 0.15) is 17.1 Å². The molecule has 0 aliphatic heterocycles. The second-order valence-corrected chi connectivity index (χ2v) is 4.56. The number of hydrogen-bond donors (Lipinski definition) is 1. The Labute approximate surface area is 122 Å². The molecule has 1 amide bonds. The molecule has 2 aromatic rings. The van der Waals surface area contributed by atoms with Crippen molar-refractivity contribution in [1.82, 2.24) is 4.98 Å². The maximum absolute atomic E-state index is 13.8. The number of methoxy groups -OCH3 is 1. The number of amides is 1. The number of para-hydroxylation sites is 1. The van der Waals surface area contributed by atoms with E-state index < -0.39 is 11.7 Å². The van der Waals surface area contributed by atoms with E-state index in [-0.39, 0.29) is 17.1 Å². The third-order valence-electron chi connectivity index (χ3n) is 2.93. The number of aromatic nitrogens is 1. The summed E-state index contributed by atoms with van der Waals surface area (Å²) < 4.78 is 18.8. The zero-order chi connectivity index (χ0) is 15.4. The minimum atomic E-state index is -0.563. The Morgan fingerprint density at radius 2 is 2.10 bits per heavy atom. The van der Waals surface area contributed by atoms with Crippen molar-refractivity contribution < 1.29 is 13.9 Å². The molecule has 110 valence electrons. The number of hydrogen-bond acceptors (Lipinski definition) is 4. The number of ether oxygens (including phenoxy) is 1. The molecule has 2 rings (SSSR count). The summed E-state index contributed by atoms with van der Waals surface area (Å²) in [7, 11) is 5.13. The molecule has 0 spiro atoms. The van der Waals surface area contributed by atoms with E-state index in [4.69, 9.17) is 4.74 Å². The predicted molar refractivity (Wildman–Crippen MR) is 79.5 cm³/mol. The molecule has 0 saturated heterocycles. The van der Waals surface area contributed by atoms with Crippen molar-refractivity contribution in [2.75, 3.05) is 31.4 Å². The number of rotatable bonds is 4. The van der Waals surface area contributed by atoms with Gasteiger partial charge in [-0.15, -0.1) is 0 Å². The average Bonchev–Trinajstić information content (AvgIpc) is 2.49. The van der Waals surface area contributed by atoms with E-state index in [1.165, 1.54) is 25.4 Å². The Kier molecular flexibility index (Phi) is 4.37. The van der Waals surface area contributed by atoms with Crippen LogP contribution in [0.15, 0.2) is 36.5 Å². The Balaban J connectivity index is 2.28. The van der Waals surface area contributed by atoms with Gasteiger partial charge in [0, 0.05) is 26.0 Å². The SMILES string of the molecule is COc1cccc(F)c1NC(=O)c1cc(N(C)C)ccn1. The second-order valence-electron chi connectivity index (χ2n) is 4.56. The summed E-state index contributed by atoms with van der Waals surface area (Å²) in [5.41, 5.74) is 1.03. The first-order valence-electron chi connectivity index (χ1n) is 6.30. The molecule has 0 radical (unpaired) electrons. The van der Waals surface area contributed by atoms with Crippen LogP contribution in [0.3, 0.4) is 0 Å². The first-order chi connectivity index (χ1) is 10.0. The summed E-state index contributed by atoms with van der Waals surface area (Å²) in [6.07, 6.45) is 1.53. The largest absolute Gasteiger partial charge is 0.494 e. The Bertz CT molecular complexity index is 659. The van der Waals surface area contributed by atoms with Crippen molar-refractivity contribution in [1.29, 1.82) is 0 Å². The van der Waals surface area contributed by atoms with Crippen molar-refractivity contribution in [2.24, 2.45) is 0 Å². The molecule has 0 saturated carbocycles. The molecule has 0 atom stereocenters. The van der Waals surface area contributed by atoms with Crippen LogP contribution in [0.25, 0.3) is 0 Å². The van der Waals surface area contributed by atoms with Crippen LogP contribution in [0, 0.1) is 5.82 Å². The number of benzene rings is 1. The summed E-state index contributed by atoms with van der Waals surface area (Å²) in [6.45, 7) is 0. The standard InChI is InChI=1S/C15H16FN3O2/c1-19(2)10-7-8-17-12(9-10)15(20)18-14-11(16)5-4-6-13(14)21-3/h4-9H,1-3H3,(H,18,20). The second kappa shape index (κ2) is 6.21. The molecule has 1 heterocycles. The molecular weight excluding hydrogens is 273 g/mol. The van der Waals surface area contributed by atoms with Crippen LogP contribution in [0.5, 0.6) is 5.75 Å². The maximum atomic E-state index is 13.8. The van der Waals surface area contributed by atoms with E-state index in [1.807, 2.05) is 19.0 Å². The number of pyridine rings is 1. The molecule has 0 fully saturated rings. The summed E-state index contributed by atoms with van der Waals surface area (Å²) in [4.78, 5) is 18.0. The van der Waals surface area contributed by atoms with E-state index in [9.17, 15) is 9.18 Å². The minimum absolute atomic E-state index is 0.00190. The quantitative estimate of drug-likeness (QED) is 0.940. The number of carbonyl (C=O) groups excluding carboxylic acids is 1. The Hall–Kier alpha value is -2.63. The lowest BCUT2D eigenvalue weighted by Gasteiger charge is -2.14. The molecule has 1 aromatic carbocycles. The molecule has 0 aliphatic rings. The monoisotopic (exact) mass is 289 g/mol. The van der Waals surface area contributed by atoms with E-state index in [0.29, 0.717) is 0 Å². The molecule has 1 N–H and O–H groups in total. The van der Waals surface area contributed by atoms with Crippen LogP contribution in [0.1, 0.15) is 10.5 Å². The van der Waals surface area contributed by atoms with Gasteiger partial charge in [-0.1, -0.05) is 6.07 Å². The van der Waals surface area contributed by atoms with Crippen LogP contribution in [0.2, 0.25) is 0 Å². The highest BCUT2D eigenvalue weighted by molar-refractivity contribution is 6.04. The summed E-state index contributed by atoms with van der Waals surface area (Å²) in [5.74, 6) is -0.805. The molecular formula is C15H16FN3O2. The van der Waals surface area contributed by atoms with Crippen molar-refractivity contribution in [3.05, 3.63) is 48.0 Å². The lowest BCUT2D eigenvalue weighted by Crippen LogP contribution is -2.17. The van der Waals surface area contributed by atoms with Crippen LogP contribution in [-0.2, 0) is 0 Å². The highest BCUT2D eigenvalue weighted by atomic mass is 19.1. The maximum Gasteiger partial charge on any atom is 0.274 e. The summed E-state index contributed by atoms with van der Waals surface area (Å²) >= 11 is 0. The predicted octanol–water partition coefficient (Wildman–Crippen LogP) is 2.55.